The van der Waals surface area contributed by atoms with Crippen molar-refractivity contribution in [2.75, 3.05) is 19.8 Å². The van der Waals surface area contributed by atoms with Crippen LogP contribution in [0.3, 0.4) is 0 Å². The van der Waals surface area contributed by atoms with E-state index in [4.69, 9.17) is 61.0 Å². The van der Waals surface area contributed by atoms with E-state index in [0.29, 0.717) is 38.5 Å². The maximum Gasteiger partial charge on any atom is 1.00 e. The molecule has 6 aliphatic heterocycles. The van der Waals surface area contributed by atoms with Crippen LogP contribution < -0.4 is 29.6 Å². The molecule has 0 amide bonds. The van der Waals surface area contributed by atoms with Crippen LogP contribution in [-0.4, -0.2) is 305 Å². The Balaban J connectivity index is 0.0000106. The van der Waals surface area contributed by atoms with Crippen LogP contribution in [0.2, 0.25) is 0 Å². The number of hydrogen-bond acceptors (Lipinski definition) is 32. The minimum Gasteiger partial charge on any atom is -0.726 e. The van der Waals surface area contributed by atoms with Gasteiger partial charge in [-0.3, -0.25) is 8.98 Å². The molecule has 9 fully saturated rings. The molecule has 10 rings (SSSR count). The van der Waals surface area contributed by atoms with Crippen LogP contribution >= 0.6 is 0 Å². The second-order valence-corrected chi connectivity index (χ2v) is 30.0. The van der Waals surface area contributed by atoms with Crippen molar-refractivity contribution in [1.82, 2.24) is 0 Å². The Hall–Kier alpha value is -0.800. The van der Waals surface area contributed by atoms with E-state index in [1.165, 1.54) is 20.8 Å². The zero-order valence-electron chi connectivity index (χ0n) is 54.8. The fourth-order valence-corrected chi connectivity index (χ4v) is 17.6. The summed E-state index contributed by atoms with van der Waals surface area (Å²) >= 11 is 0. The summed E-state index contributed by atoms with van der Waals surface area (Å²) < 4.78 is 114. The summed E-state index contributed by atoms with van der Waals surface area (Å²) in [5.41, 5.74) is -1.30. The molecule has 542 valence electrons. The monoisotopic (exact) mass is 1400 g/mol. The van der Waals surface area contributed by atoms with Gasteiger partial charge in [0.1, 0.15) is 122 Å². The maximum absolute atomic E-state index is 13.2. The van der Waals surface area contributed by atoms with Crippen molar-refractivity contribution in [3.63, 3.8) is 0 Å². The molecule has 34 heteroatoms. The third-order valence-electron chi connectivity index (χ3n) is 22.1. The van der Waals surface area contributed by atoms with E-state index in [9.17, 15) is 94.4 Å². The Morgan fingerprint density at radius 3 is 1.75 bits per heavy atom. The van der Waals surface area contributed by atoms with Crippen LogP contribution in [0.4, 0.5) is 0 Å². The van der Waals surface area contributed by atoms with Crippen LogP contribution in [0, 0.1) is 40.4 Å². The van der Waals surface area contributed by atoms with Crippen molar-refractivity contribution in [3.8, 4) is 0 Å². The molecule has 3 saturated carbocycles. The van der Waals surface area contributed by atoms with Crippen molar-refractivity contribution >= 4 is 16.2 Å². The molecule has 0 aromatic heterocycles. The fourth-order valence-electron chi connectivity index (χ4n) is 17.1. The van der Waals surface area contributed by atoms with E-state index in [1.54, 1.807) is 6.92 Å². The smallest absolute Gasteiger partial charge is 0.726 e. The second kappa shape index (κ2) is 30.9. The molecule has 6 saturated heterocycles. The van der Waals surface area contributed by atoms with Crippen molar-refractivity contribution < 1.29 is 185 Å². The van der Waals surface area contributed by atoms with Gasteiger partial charge in [0.2, 0.25) is 10.4 Å². The van der Waals surface area contributed by atoms with Crippen molar-refractivity contribution in [2.24, 2.45) is 40.4 Å². The van der Waals surface area contributed by atoms with Crippen LogP contribution in [0.1, 0.15) is 113 Å². The summed E-state index contributed by atoms with van der Waals surface area (Å²) in [6, 6.07) is 0. The minimum atomic E-state index is -5.13. The number of aliphatic hydroxyl groups is 15. The van der Waals surface area contributed by atoms with E-state index in [1.807, 2.05) is 13.8 Å². The van der Waals surface area contributed by atoms with Crippen LogP contribution in [0.5, 0.6) is 0 Å². The van der Waals surface area contributed by atoms with Crippen LogP contribution in [-0.2, 0) is 76.2 Å². The summed E-state index contributed by atoms with van der Waals surface area (Å²) in [4.78, 5) is 13.2. The Labute approximate surface area is 573 Å². The number of aliphatic hydroxyl groups excluding tert-OH is 14. The fraction of sp³-hybridized carbons (Fsp3) is 0.951. The summed E-state index contributed by atoms with van der Waals surface area (Å²) in [5.74, 6) is -0.856. The number of rotatable bonds is 21. The van der Waals surface area contributed by atoms with E-state index in [0.717, 1.165) is 5.57 Å². The molecule has 15 N–H and O–H groups in total. The Bertz CT molecular complexity index is 2700. The molecule has 0 unspecified atom stereocenters. The number of ether oxygens (including phenoxy) is 12. The molecule has 0 spiro atoms. The van der Waals surface area contributed by atoms with Gasteiger partial charge in [0, 0.05) is 12.8 Å². The summed E-state index contributed by atoms with van der Waals surface area (Å²) in [5, 5.41) is 168. The van der Waals surface area contributed by atoms with E-state index < -0.39 is 237 Å². The van der Waals surface area contributed by atoms with Crippen LogP contribution in [0.15, 0.2) is 11.6 Å². The molecule has 37 atom stereocenters. The van der Waals surface area contributed by atoms with E-state index in [-0.39, 0.29) is 78.3 Å². The minimum absolute atomic E-state index is 0. The first-order valence-electron chi connectivity index (χ1n) is 32.8. The van der Waals surface area contributed by atoms with Gasteiger partial charge < -0.3 is 138 Å². The number of allylic oxidation sites excluding steroid dienone is 2. The number of ketones is 1. The molecule has 0 bridgehead atoms. The van der Waals surface area contributed by atoms with Gasteiger partial charge in [-0.25, -0.2) is 8.42 Å². The van der Waals surface area contributed by atoms with Gasteiger partial charge >= 0.3 is 29.6 Å². The van der Waals surface area contributed by atoms with Gasteiger partial charge in [-0.2, -0.15) is 0 Å². The average molecular weight is 1400 g/mol. The van der Waals surface area contributed by atoms with E-state index in [2.05, 4.69) is 19.9 Å². The molecule has 0 aromatic carbocycles. The second-order valence-electron chi connectivity index (χ2n) is 29.0. The number of hydrogen-bond donors (Lipinski definition) is 15. The van der Waals surface area contributed by atoms with Crippen molar-refractivity contribution in [2.45, 2.75) is 303 Å². The van der Waals surface area contributed by atoms with Gasteiger partial charge in [-0.15, -0.1) is 0 Å². The standard InChI is InChI=1S/C61H100O32S.Na/c1-22(2)15-26(64)18-61(8,77)36-10-9-29-28-17-32(31-16-27(93-94(78,79)80)11-13-59(31,6)30(28)12-14-60(29,36)7)85-53-47(75)44(72)49(25(5)84-53)89-57-51(91-54-46(74)42(70)37(65)23(3)82-54)41(69)35(21-81-57)88-58-52(43(71)39(67)33(19-62)87-58)92-56-48(76)50(38(66)24(4)83-56)90-55-45(73)40(68)34(20-63)86-55;/h12,22-25,27-29,31-58,62-63,65-77H,9-11,13-21H2,1-8H3,(H,78,79,80);/q;+1/p-1/t23-,24-,25-,27+,28+,29+,31-,32+,33-,34+,35-,36+,37-,38+,39+,40+,41+,42+,43+,44-,45-,46-,47-,48-,49-,50+,51-,52-,53+,54+,55+,56+,57+,58+,59-,60+,61+;/m1./s1. The van der Waals surface area contributed by atoms with Crippen molar-refractivity contribution in [3.05, 3.63) is 11.6 Å². The summed E-state index contributed by atoms with van der Waals surface area (Å²) in [6.07, 6.45) is -44.9. The molecular formula is C61H99NaO32S. The van der Waals surface area contributed by atoms with Gasteiger partial charge in [-0.1, -0.05) is 39.3 Å². The molecule has 6 heterocycles. The molecule has 0 radical (unpaired) electrons. The Morgan fingerprint density at radius 1 is 0.600 bits per heavy atom. The molecule has 32 nitrogen and oxygen atoms in total. The molecule has 95 heavy (non-hydrogen) atoms. The summed E-state index contributed by atoms with van der Waals surface area (Å²) in [6.45, 7) is 11.7. The number of carbonyl (C=O) groups excluding carboxylic acids is 1. The van der Waals surface area contributed by atoms with E-state index >= 15 is 0 Å². The zero-order chi connectivity index (χ0) is 68.7. The SMILES string of the molecule is CC(C)CC(=O)C[C@](C)(O)[C@H]1CC[C@H]2[C@@H]3C[C@H](O[C@@H]4O[C@H](C)[C@@H](O[C@@H]5OC[C@@H](O[C@@H]6O[C@H](CO)[C@H](O)[C@H](O)[C@H]6O[C@@H]6O[C@H](C)[C@H](O)[C@H](O[C@@H]7O[C@@H](CO)[C@H](O)[C@H]7O)[C@H]6O)[C@H](O)[C@H]5O[C@@H]5O[C@H](C)[C@@H](O)[C@H](O)[C@H]5O)[C@H](O)[C@H]4O)[C@H]4C[C@@H](OS(=O)(=O)[O-])CC[C@]4(C)C3=CC[C@@]21C.[Na+]. The number of carbonyl (C=O) groups is 1. The maximum atomic E-state index is 13.2. The first-order valence-corrected chi connectivity index (χ1v) is 34.1. The van der Waals surface area contributed by atoms with Gasteiger partial charge in [0.15, 0.2) is 37.7 Å². The topological polar surface area (TPSA) is 498 Å². The zero-order valence-corrected chi connectivity index (χ0v) is 57.6. The van der Waals surface area contributed by atoms with Crippen molar-refractivity contribution in [1.29, 1.82) is 0 Å². The normalized spacial score (nSPS) is 51.0. The number of Topliss-reactive ketones (excluding diaryl/α,β-unsaturated/α-hetero) is 1. The number of fused-ring (bicyclic) bond motifs is 5. The average Bonchev–Trinajstić information content (AvgIpc) is 1.68. The van der Waals surface area contributed by atoms with Gasteiger partial charge in [0.25, 0.3) is 0 Å². The Morgan fingerprint density at radius 2 is 1.12 bits per heavy atom. The van der Waals surface area contributed by atoms with Crippen LogP contribution in [0.25, 0.3) is 0 Å². The molecule has 10 aliphatic rings. The largest absolute Gasteiger partial charge is 1.00 e. The molecular weight excluding hydrogens is 1300 g/mol. The first kappa shape index (κ1) is 78.3. The predicted octanol–water partition coefficient (Wildman–Crippen LogP) is -7.55. The van der Waals surface area contributed by atoms with Gasteiger partial charge in [0.05, 0.1) is 55.9 Å². The molecule has 4 aliphatic carbocycles. The molecule has 0 aromatic rings. The quantitative estimate of drug-likeness (QED) is 0.0220. The Kier molecular flexibility index (Phi) is 25.5. The third-order valence-corrected chi connectivity index (χ3v) is 22.6. The summed E-state index contributed by atoms with van der Waals surface area (Å²) in [7, 11) is -5.13. The third kappa shape index (κ3) is 15.8. The first-order chi connectivity index (χ1) is 44.0. The van der Waals surface area contributed by atoms with Gasteiger partial charge in [-0.05, 0) is 113 Å². The predicted molar refractivity (Wildman–Crippen MR) is 310 cm³/mol.